The molecule has 20 heavy (non-hydrogen) atoms. The third kappa shape index (κ3) is 3.08. The van der Waals surface area contributed by atoms with E-state index >= 15 is 0 Å². The molecule has 106 valence electrons. The summed E-state index contributed by atoms with van der Waals surface area (Å²) in [7, 11) is 0. The third-order valence-electron chi connectivity index (χ3n) is 3.73. The van der Waals surface area contributed by atoms with E-state index in [0.29, 0.717) is 6.10 Å². The Morgan fingerprint density at radius 1 is 1.35 bits per heavy atom. The van der Waals surface area contributed by atoms with Gasteiger partial charge in [-0.3, -0.25) is 0 Å². The van der Waals surface area contributed by atoms with Gasteiger partial charge in [0.15, 0.2) is 0 Å². The lowest BCUT2D eigenvalue weighted by Crippen LogP contribution is -2.13. The summed E-state index contributed by atoms with van der Waals surface area (Å²) in [6.45, 7) is 2.12. The molecule has 0 bridgehead atoms. The standard InChI is InChI=1S/C16H20N2OS/c1-11-7-8-15(19-11)16-18-13(10-20-16)9-14(17)12-5-3-2-4-6-12/h2-6,10-11,14-15H,7-9,17H2,1H3. The van der Waals surface area contributed by atoms with E-state index in [2.05, 4.69) is 24.4 Å². The Labute approximate surface area is 123 Å². The smallest absolute Gasteiger partial charge is 0.122 e. The van der Waals surface area contributed by atoms with Gasteiger partial charge in [-0.15, -0.1) is 11.3 Å². The van der Waals surface area contributed by atoms with E-state index in [0.717, 1.165) is 35.5 Å². The van der Waals surface area contributed by atoms with Crippen LogP contribution in [-0.2, 0) is 11.2 Å². The lowest BCUT2D eigenvalue weighted by Gasteiger charge is -2.10. The Kier molecular flexibility index (Phi) is 4.15. The van der Waals surface area contributed by atoms with Crippen molar-refractivity contribution < 1.29 is 4.74 Å². The number of aromatic nitrogens is 1. The van der Waals surface area contributed by atoms with Gasteiger partial charge in [-0.1, -0.05) is 30.3 Å². The zero-order chi connectivity index (χ0) is 13.9. The van der Waals surface area contributed by atoms with Crippen LogP contribution in [-0.4, -0.2) is 11.1 Å². The maximum absolute atomic E-state index is 6.25. The highest BCUT2D eigenvalue weighted by Crippen LogP contribution is 2.34. The van der Waals surface area contributed by atoms with E-state index in [1.165, 1.54) is 0 Å². The number of hydrogen-bond donors (Lipinski definition) is 1. The van der Waals surface area contributed by atoms with Crippen LogP contribution in [0.5, 0.6) is 0 Å². The van der Waals surface area contributed by atoms with Gasteiger partial charge in [-0.2, -0.15) is 0 Å². The maximum Gasteiger partial charge on any atom is 0.122 e. The first kappa shape index (κ1) is 13.7. The molecule has 2 N–H and O–H groups in total. The van der Waals surface area contributed by atoms with Crippen LogP contribution in [0.3, 0.4) is 0 Å². The van der Waals surface area contributed by atoms with E-state index in [-0.39, 0.29) is 12.1 Å². The van der Waals surface area contributed by atoms with E-state index < -0.39 is 0 Å². The van der Waals surface area contributed by atoms with Gasteiger partial charge in [0.05, 0.1) is 11.8 Å². The molecule has 2 aromatic rings. The van der Waals surface area contributed by atoms with Crippen LogP contribution in [0.25, 0.3) is 0 Å². The Bertz CT molecular complexity index is 555. The summed E-state index contributed by atoms with van der Waals surface area (Å²) >= 11 is 1.69. The zero-order valence-electron chi connectivity index (χ0n) is 11.7. The first-order valence-electron chi connectivity index (χ1n) is 7.12. The fourth-order valence-electron chi connectivity index (χ4n) is 2.59. The van der Waals surface area contributed by atoms with Crippen molar-refractivity contribution in [2.45, 2.75) is 44.4 Å². The summed E-state index contributed by atoms with van der Waals surface area (Å²) in [6.07, 6.45) is 3.54. The van der Waals surface area contributed by atoms with E-state index in [4.69, 9.17) is 15.5 Å². The van der Waals surface area contributed by atoms with Crippen molar-refractivity contribution in [3.63, 3.8) is 0 Å². The average molecular weight is 288 g/mol. The Morgan fingerprint density at radius 3 is 2.85 bits per heavy atom. The highest BCUT2D eigenvalue weighted by molar-refractivity contribution is 7.09. The third-order valence-corrected chi connectivity index (χ3v) is 4.72. The number of ether oxygens (including phenoxy) is 1. The molecule has 0 amide bonds. The fourth-order valence-corrected chi connectivity index (χ4v) is 3.49. The second kappa shape index (κ2) is 6.04. The zero-order valence-corrected chi connectivity index (χ0v) is 12.5. The van der Waals surface area contributed by atoms with E-state index in [9.17, 15) is 0 Å². The maximum atomic E-state index is 6.25. The summed E-state index contributed by atoms with van der Waals surface area (Å²) in [6, 6.07) is 10.2. The minimum atomic E-state index is 0.00886. The quantitative estimate of drug-likeness (QED) is 0.934. The minimum Gasteiger partial charge on any atom is -0.368 e. The lowest BCUT2D eigenvalue weighted by atomic mass is 10.0. The van der Waals surface area contributed by atoms with Crippen LogP contribution in [0.4, 0.5) is 0 Å². The second-order valence-corrected chi connectivity index (χ2v) is 6.30. The molecule has 1 aliphatic heterocycles. The SMILES string of the molecule is CC1CCC(c2nc(CC(N)c3ccccc3)cs2)O1. The van der Waals surface area contributed by atoms with Crippen LogP contribution in [0, 0.1) is 0 Å². The minimum absolute atomic E-state index is 0.00886. The van der Waals surface area contributed by atoms with E-state index in [1.54, 1.807) is 11.3 Å². The van der Waals surface area contributed by atoms with Gasteiger partial charge < -0.3 is 10.5 Å². The first-order chi connectivity index (χ1) is 9.72. The van der Waals surface area contributed by atoms with E-state index in [1.807, 2.05) is 18.2 Å². The van der Waals surface area contributed by atoms with Gasteiger partial charge in [0, 0.05) is 17.8 Å². The predicted octanol–water partition coefficient (Wildman–Crippen LogP) is 3.63. The largest absolute Gasteiger partial charge is 0.368 e. The van der Waals surface area contributed by atoms with Gasteiger partial charge in [-0.05, 0) is 25.3 Å². The molecule has 3 atom stereocenters. The summed E-state index contributed by atoms with van der Waals surface area (Å²) in [4.78, 5) is 4.71. The van der Waals surface area contributed by atoms with Crippen LogP contribution in [0.15, 0.2) is 35.7 Å². The van der Waals surface area contributed by atoms with Crippen molar-refractivity contribution in [3.05, 3.63) is 52.0 Å². The van der Waals surface area contributed by atoms with Crippen molar-refractivity contribution in [3.8, 4) is 0 Å². The monoisotopic (exact) mass is 288 g/mol. The van der Waals surface area contributed by atoms with Crippen molar-refractivity contribution in [1.29, 1.82) is 0 Å². The molecule has 1 aromatic heterocycles. The molecule has 0 aliphatic carbocycles. The number of nitrogens with zero attached hydrogens (tertiary/aromatic N) is 1. The highest BCUT2D eigenvalue weighted by atomic mass is 32.1. The molecule has 3 nitrogen and oxygen atoms in total. The van der Waals surface area contributed by atoms with Gasteiger partial charge in [0.2, 0.25) is 0 Å². The highest BCUT2D eigenvalue weighted by Gasteiger charge is 2.25. The normalized spacial score (nSPS) is 23.9. The number of hydrogen-bond acceptors (Lipinski definition) is 4. The van der Waals surface area contributed by atoms with Gasteiger partial charge in [0.1, 0.15) is 11.1 Å². The molecule has 0 spiro atoms. The molecule has 0 saturated carbocycles. The number of rotatable bonds is 4. The predicted molar refractivity (Wildman–Crippen MR) is 81.7 cm³/mol. The molecule has 2 heterocycles. The van der Waals surface area contributed by atoms with Crippen LogP contribution in [0.2, 0.25) is 0 Å². The molecule has 4 heteroatoms. The Balaban J connectivity index is 1.65. The van der Waals surface area contributed by atoms with Crippen molar-refractivity contribution in [2.75, 3.05) is 0 Å². The molecular formula is C16H20N2OS. The van der Waals surface area contributed by atoms with Gasteiger partial charge in [0.25, 0.3) is 0 Å². The summed E-state index contributed by atoms with van der Waals surface area (Å²) < 4.78 is 5.87. The van der Waals surface area contributed by atoms with Crippen LogP contribution in [0.1, 0.15) is 48.2 Å². The molecular weight excluding hydrogens is 268 g/mol. The topological polar surface area (TPSA) is 48.1 Å². The molecule has 1 saturated heterocycles. The average Bonchev–Trinajstić information content (AvgIpc) is 3.09. The van der Waals surface area contributed by atoms with Crippen molar-refractivity contribution >= 4 is 11.3 Å². The first-order valence-corrected chi connectivity index (χ1v) is 8.00. The molecule has 1 fully saturated rings. The fraction of sp³-hybridized carbons (Fsp3) is 0.438. The summed E-state index contributed by atoms with van der Waals surface area (Å²) in [5, 5.41) is 3.22. The van der Waals surface area contributed by atoms with Gasteiger partial charge >= 0.3 is 0 Å². The molecule has 1 aromatic carbocycles. The Hall–Kier alpha value is -1.23. The van der Waals surface area contributed by atoms with Crippen molar-refractivity contribution in [2.24, 2.45) is 5.73 Å². The molecule has 3 rings (SSSR count). The summed E-state index contributed by atoms with van der Waals surface area (Å²) in [5.74, 6) is 0. The number of benzene rings is 1. The lowest BCUT2D eigenvalue weighted by molar-refractivity contribution is 0.0553. The molecule has 3 unspecified atom stereocenters. The number of nitrogens with two attached hydrogens (primary N) is 1. The second-order valence-electron chi connectivity index (χ2n) is 5.41. The molecule has 0 radical (unpaired) electrons. The Morgan fingerprint density at radius 2 is 2.15 bits per heavy atom. The van der Waals surface area contributed by atoms with Gasteiger partial charge in [-0.25, -0.2) is 4.98 Å². The van der Waals surface area contributed by atoms with Crippen LogP contribution < -0.4 is 5.73 Å². The summed E-state index contributed by atoms with van der Waals surface area (Å²) in [5.41, 5.74) is 8.48. The van der Waals surface area contributed by atoms with Crippen molar-refractivity contribution in [1.82, 2.24) is 4.98 Å². The molecule has 1 aliphatic rings. The van der Waals surface area contributed by atoms with Crippen LogP contribution >= 0.6 is 11.3 Å². The number of thiazole rings is 1.